The first kappa shape index (κ1) is 15.9. The molecule has 2 rings (SSSR count). The first-order chi connectivity index (χ1) is 9.68. The molecule has 1 fully saturated rings. The number of carbonyl (C=O) groups excluding carboxylic acids is 1. The third kappa shape index (κ3) is 3.59. The lowest BCUT2D eigenvalue weighted by atomic mass is 10.1. The van der Waals surface area contributed by atoms with Crippen molar-refractivity contribution < 1.29 is 17.6 Å². The molecule has 0 radical (unpaired) electrons. The minimum atomic E-state index is -3.27. The minimum absolute atomic E-state index is 0.264. The second-order valence-electron chi connectivity index (χ2n) is 5.49. The quantitative estimate of drug-likeness (QED) is 0.825. The zero-order chi connectivity index (χ0) is 15.8. The highest BCUT2D eigenvalue weighted by Gasteiger charge is 2.32. The van der Waals surface area contributed by atoms with Gasteiger partial charge in [0.25, 0.3) is 5.91 Å². The second-order valence-corrected chi connectivity index (χ2v) is 7.43. The number of aryl methyl sites for hydroxylation is 1. The van der Waals surface area contributed by atoms with Crippen LogP contribution in [0.4, 0.5) is 4.39 Å². The van der Waals surface area contributed by atoms with E-state index in [-0.39, 0.29) is 18.5 Å². The van der Waals surface area contributed by atoms with Gasteiger partial charge in [-0.1, -0.05) is 0 Å². The van der Waals surface area contributed by atoms with Gasteiger partial charge in [-0.25, -0.2) is 12.8 Å². The molecule has 0 bridgehead atoms. The van der Waals surface area contributed by atoms with Gasteiger partial charge < -0.3 is 4.90 Å². The van der Waals surface area contributed by atoms with E-state index in [4.69, 9.17) is 0 Å². The second kappa shape index (κ2) is 5.73. The van der Waals surface area contributed by atoms with Crippen LogP contribution in [0.5, 0.6) is 0 Å². The van der Waals surface area contributed by atoms with E-state index in [1.807, 2.05) is 0 Å². The number of halogens is 1. The van der Waals surface area contributed by atoms with E-state index in [1.54, 1.807) is 24.8 Å². The summed E-state index contributed by atoms with van der Waals surface area (Å²) in [5, 5.41) is 0. The average Bonchev–Trinajstić information content (AvgIpc) is 2.35. The third-order valence-electron chi connectivity index (χ3n) is 3.57. The van der Waals surface area contributed by atoms with Crippen LogP contribution in [0.1, 0.15) is 22.8 Å². The van der Waals surface area contributed by atoms with Crippen molar-refractivity contribution in [2.24, 2.45) is 0 Å². The summed E-state index contributed by atoms with van der Waals surface area (Å²) < 4.78 is 38.0. The number of rotatable bonds is 2. The molecule has 0 aliphatic carbocycles. The number of piperazine rings is 1. The molecule has 7 heteroatoms. The minimum Gasteiger partial charge on any atom is -0.336 e. The highest BCUT2D eigenvalue weighted by atomic mass is 32.2. The molecule has 21 heavy (non-hydrogen) atoms. The van der Waals surface area contributed by atoms with Gasteiger partial charge in [0.05, 0.1) is 6.26 Å². The van der Waals surface area contributed by atoms with E-state index in [0.29, 0.717) is 24.2 Å². The fraction of sp³-hybridized carbons (Fsp3) is 0.500. The maximum absolute atomic E-state index is 13.4. The highest BCUT2D eigenvalue weighted by molar-refractivity contribution is 7.88. The Bertz CT molecular complexity index is 640. The molecule has 1 aliphatic rings. The predicted molar refractivity (Wildman–Crippen MR) is 78.1 cm³/mol. The predicted octanol–water partition coefficient (Wildman–Crippen LogP) is 1.24. The molecule has 1 aromatic rings. The van der Waals surface area contributed by atoms with Crippen molar-refractivity contribution in [2.45, 2.75) is 19.9 Å². The van der Waals surface area contributed by atoms with Gasteiger partial charge in [-0.05, 0) is 37.6 Å². The molecule has 0 aromatic heterocycles. The van der Waals surface area contributed by atoms with Crippen LogP contribution in [0.3, 0.4) is 0 Å². The largest absolute Gasteiger partial charge is 0.336 e. The smallest absolute Gasteiger partial charge is 0.254 e. The summed E-state index contributed by atoms with van der Waals surface area (Å²) in [5.41, 5.74) is 0.980. The summed E-state index contributed by atoms with van der Waals surface area (Å²) in [6.07, 6.45) is 1.16. The Morgan fingerprint density at radius 1 is 1.29 bits per heavy atom. The molecule has 1 atom stereocenters. The lowest BCUT2D eigenvalue weighted by molar-refractivity contribution is 0.0642. The molecule has 0 spiro atoms. The van der Waals surface area contributed by atoms with E-state index in [1.165, 1.54) is 16.4 Å². The van der Waals surface area contributed by atoms with Crippen LogP contribution in [0.2, 0.25) is 0 Å². The van der Waals surface area contributed by atoms with Crippen molar-refractivity contribution in [1.29, 1.82) is 0 Å². The molecule has 1 aromatic carbocycles. The fourth-order valence-electron chi connectivity index (χ4n) is 2.66. The fourth-order valence-corrected chi connectivity index (χ4v) is 3.79. The monoisotopic (exact) mass is 314 g/mol. The Hall–Kier alpha value is -1.47. The third-order valence-corrected chi connectivity index (χ3v) is 4.96. The van der Waals surface area contributed by atoms with E-state index in [9.17, 15) is 17.6 Å². The van der Waals surface area contributed by atoms with Gasteiger partial charge in [-0.3, -0.25) is 4.79 Å². The molecule has 0 unspecified atom stereocenters. The Morgan fingerprint density at radius 2 is 1.95 bits per heavy atom. The maximum atomic E-state index is 13.4. The lowest BCUT2D eigenvalue weighted by Crippen LogP contribution is -2.55. The van der Waals surface area contributed by atoms with Crippen LogP contribution in [-0.2, 0) is 10.0 Å². The molecule has 0 N–H and O–H groups in total. The van der Waals surface area contributed by atoms with Crippen LogP contribution in [0.25, 0.3) is 0 Å². The Balaban J connectivity index is 2.16. The van der Waals surface area contributed by atoms with Crippen molar-refractivity contribution in [3.05, 3.63) is 35.1 Å². The SMILES string of the molecule is Cc1cc(F)cc(C(=O)N2CCN(S(C)(=O)=O)[C@@H](C)C2)c1. The summed E-state index contributed by atoms with van der Waals surface area (Å²) >= 11 is 0. The van der Waals surface area contributed by atoms with Gasteiger partial charge in [0, 0.05) is 31.2 Å². The van der Waals surface area contributed by atoms with E-state index < -0.39 is 15.8 Å². The van der Waals surface area contributed by atoms with Crippen molar-refractivity contribution in [3.63, 3.8) is 0 Å². The van der Waals surface area contributed by atoms with Crippen molar-refractivity contribution >= 4 is 15.9 Å². The molecule has 5 nitrogen and oxygen atoms in total. The Labute approximate surface area is 124 Å². The van der Waals surface area contributed by atoms with Crippen LogP contribution in [-0.4, -0.2) is 55.5 Å². The zero-order valence-corrected chi connectivity index (χ0v) is 13.2. The first-order valence-corrected chi connectivity index (χ1v) is 8.56. The summed E-state index contributed by atoms with van der Waals surface area (Å²) in [5.74, 6) is -0.709. The van der Waals surface area contributed by atoms with Gasteiger partial charge in [-0.2, -0.15) is 4.31 Å². The number of benzene rings is 1. The molecule has 116 valence electrons. The topological polar surface area (TPSA) is 57.7 Å². The average molecular weight is 314 g/mol. The lowest BCUT2D eigenvalue weighted by Gasteiger charge is -2.38. The standard InChI is InChI=1S/C14H19FN2O3S/c1-10-6-12(8-13(15)7-10)14(18)16-4-5-17(11(2)9-16)21(3,19)20/h6-8,11H,4-5,9H2,1-3H3/t11-/m0/s1. The number of sulfonamides is 1. The van der Waals surface area contributed by atoms with Crippen molar-refractivity contribution in [2.75, 3.05) is 25.9 Å². The van der Waals surface area contributed by atoms with Crippen molar-refractivity contribution in [3.8, 4) is 0 Å². The van der Waals surface area contributed by atoms with Gasteiger partial charge in [0.2, 0.25) is 10.0 Å². The summed E-state index contributed by atoms with van der Waals surface area (Å²) in [7, 11) is -3.27. The molecular weight excluding hydrogens is 295 g/mol. The number of carbonyl (C=O) groups is 1. The Morgan fingerprint density at radius 3 is 2.48 bits per heavy atom. The number of amides is 1. The van der Waals surface area contributed by atoms with Crippen molar-refractivity contribution in [1.82, 2.24) is 9.21 Å². The van der Waals surface area contributed by atoms with Gasteiger partial charge in [0.15, 0.2) is 0 Å². The molecule has 1 amide bonds. The Kier molecular flexibility index (Phi) is 4.34. The van der Waals surface area contributed by atoms with Crippen LogP contribution in [0.15, 0.2) is 18.2 Å². The molecule has 1 heterocycles. The summed E-state index contributed by atoms with van der Waals surface area (Å²) in [6.45, 7) is 4.37. The van der Waals surface area contributed by atoms with E-state index >= 15 is 0 Å². The first-order valence-electron chi connectivity index (χ1n) is 6.72. The summed E-state index contributed by atoms with van der Waals surface area (Å²) in [6, 6.07) is 3.93. The summed E-state index contributed by atoms with van der Waals surface area (Å²) in [4.78, 5) is 14.0. The molecule has 0 saturated carbocycles. The zero-order valence-electron chi connectivity index (χ0n) is 12.3. The van der Waals surface area contributed by atoms with Gasteiger partial charge in [0.1, 0.15) is 5.82 Å². The number of hydrogen-bond acceptors (Lipinski definition) is 3. The highest BCUT2D eigenvalue weighted by Crippen LogP contribution is 2.17. The van der Waals surface area contributed by atoms with Crippen LogP contribution >= 0.6 is 0 Å². The van der Waals surface area contributed by atoms with Gasteiger partial charge >= 0.3 is 0 Å². The normalized spacial score (nSPS) is 20.6. The van der Waals surface area contributed by atoms with E-state index in [0.717, 1.165) is 6.26 Å². The van der Waals surface area contributed by atoms with Crippen LogP contribution in [0, 0.1) is 12.7 Å². The van der Waals surface area contributed by atoms with E-state index in [2.05, 4.69) is 0 Å². The number of hydrogen-bond donors (Lipinski definition) is 0. The van der Waals surface area contributed by atoms with Crippen LogP contribution < -0.4 is 0 Å². The van der Waals surface area contributed by atoms with Gasteiger partial charge in [-0.15, -0.1) is 0 Å². The number of nitrogens with zero attached hydrogens (tertiary/aromatic N) is 2. The molecule has 1 saturated heterocycles. The molecule has 1 aliphatic heterocycles. The molecular formula is C14H19FN2O3S. The maximum Gasteiger partial charge on any atom is 0.254 e.